The van der Waals surface area contributed by atoms with E-state index in [-0.39, 0.29) is 0 Å². The van der Waals surface area contributed by atoms with E-state index in [1.165, 1.54) is 0 Å². The van der Waals surface area contributed by atoms with Crippen molar-refractivity contribution in [3.8, 4) is 0 Å². The Bertz CT molecular complexity index is 116. The minimum atomic E-state index is -0.657. The number of nitrogens with zero attached hydrogens (tertiary/aromatic N) is 1. The van der Waals surface area contributed by atoms with Gasteiger partial charge < -0.3 is 5.11 Å². The topological polar surface area (TPSA) is 49.7 Å². The quantitative estimate of drug-likeness (QED) is 0.376. The molecular formula is C3H3NO2S. The van der Waals surface area contributed by atoms with Gasteiger partial charge in [-0.25, -0.2) is 0 Å². The maximum atomic E-state index is 9.87. The van der Waals surface area contributed by atoms with Gasteiger partial charge in [-0.2, -0.15) is 4.99 Å². The smallest absolute Gasteiger partial charge is 0.280 e. The number of thiocarbonyl (C=S) groups is 1. The SMILES string of the molecule is O=C(CO)N=C=S. The van der Waals surface area contributed by atoms with Crippen molar-refractivity contribution in [2.24, 2.45) is 4.99 Å². The van der Waals surface area contributed by atoms with Crippen LogP contribution in [-0.2, 0) is 4.79 Å². The number of aliphatic hydroxyl groups is 1. The second-order valence-electron chi connectivity index (χ2n) is 0.755. The lowest BCUT2D eigenvalue weighted by Gasteiger charge is -1.74. The first-order valence-corrected chi connectivity index (χ1v) is 1.93. The molecule has 3 nitrogen and oxygen atoms in total. The van der Waals surface area contributed by atoms with Crippen molar-refractivity contribution < 1.29 is 9.90 Å². The monoisotopic (exact) mass is 117 g/mol. The molecule has 0 fully saturated rings. The van der Waals surface area contributed by atoms with Crippen molar-refractivity contribution in [1.29, 1.82) is 0 Å². The van der Waals surface area contributed by atoms with Gasteiger partial charge in [-0.1, -0.05) is 0 Å². The van der Waals surface area contributed by atoms with Gasteiger partial charge in [0.2, 0.25) is 0 Å². The van der Waals surface area contributed by atoms with Crippen LogP contribution in [0, 0.1) is 0 Å². The van der Waals surface area contributed by atoms with Crippen LogP contribution in [0.25, 0.3) is 0 Å². The van der Waals surface area contributed by atoms with E-state index in [1.54, 1.807) is 0 Å². The van der Waals surface area contributed by atoms with Crippen molar-refractivity contribution in [1.82, 2.24) is 0 Å². The highest BCUT2D eigenvalue weighted by Crippen LogP contribution is 1.65. The van der Waals surface area contributed by atoms with E-state index >= 15 is 0 Å². The van der Waals surface area contributed by atoms with E-state index in [2.05, 4.69) is 17.2 Å². The standard InChI is InChI=1S/C3H3NO2S/c5-1-3(6)4-2-7/h5H,1H2. The number of isothiocyanates is 1. The average Bonchev–Trinajstić information content (AvgIpc) is 1.68. The lowest BCUT2D eigenvalue weighted by molar-refractivity contribution is -0.120. The zero-order valence-corrected chi connectivity index (χ0v) is 4.23. The summed E-state index contributed by atoms with van der Waals surface area (Å²) in [5, 5.41) is 9.75. The summed E-state index contributed by atoms with van der Waals surface area (Å²) in [6.07, 6.45) is 0. The van der Waals surface area contributed by atoms with E-state index in [4.69, 9.17) is 5.11 Å². The van der Waals surface area contributed by atoms with Gasteiger partial charge in [0.1, 0.15) is 6.61 Å². The fraction of sp³-hybridized carbons (Fsp3) is 0.333. The molecule has 0 aromatic rings. The molecule has 0 aliphatic heterocycles. The summed E-state index contributed by atoms with van der Waals surface area (Å²) in [4.78, 5) is 12.8. The molecule has 4 heteroatoms. The van der Waals surface area contributed by atoms with E-state index in [1.807, 2.05) is 5.16 Å². The lowest BCUT2D eigenvalue weighted by atomic mass is 10.7. The maximum absolute atomic E-state index is 9.87. The van der Waals surface area contributed by atoms with Crippen molar-refractivity contribution in [2.45, 2.75) is 0 Å². The number of carbonyl (C=O) groups is 1. The van der Waals surface area contributed by atoms with E-state index in [0.717, 1.165) is 0 Å². The molecule has 0 aliphatic carbocycles. The minimum Gasteiger partial charge on any atom is -0.386 e. The number of hydrogen-bond acceptors (Lipinski definition) is 3. The van der Waals surface area contributed by atoms with Crippen LogP contribution in [0.1, 0.15) is 0 Å². The molecule has 38 valence electrons. The first-order chi connectivity index (χ1) is 3.31. The first-order valence-electron chi connectivity index (χ1n) is 1.53. The van der Waals surface area contributed by atoms with Crippen LogP contribution < -0.4 is 0 Å². The third-order valence-electron chi connectivity index (χ3n) is 0.306. The molecule has 0 aromatic carbocycles. The highest BCUT2D eigenvalue weighted by molar-refractivity contribution is 7.78. The molecule has 0 unspecified atom stereocenters. The Balaban J connectivity index is 3.58. The Morgan fingerprint density at radius 2 is 2.57 bits per heavy atom. The summed E-state index contributed by atoms with van der Waals surface area (Å²) in [6.45, 7) is -0.594. The van der Waals surface area contributed by atoms with Crippen molar-refractivity contribution >= 4 is 23.3 Å². The van der Waals surface area contributed by atoms with Gasteiger partial charge in [-0.05, 0) is 12.2 Å². The Morgan fingerprint density at radius 3 is 2.71 bits per heavy atom. The molecule has 1 amide bonds. The average molecular weight is 117 g/mol. The molecule has 0 aromatic heterocycles. The third-order valence-corrected chi connectivity index (χ3v) is 0.397. The number of aliphatic hydroxyl groups excluding tert-OH is 1. The van der Waals surface area contributed by atoms with Crippen molar-refractivity contribution in [2.75, 3.05) is 6.61 Å². The molecule has 7 heavy (non-hydrogen) atoms. The molecule has 1 N–H and O–H groups in total. The Morgan fingerprint density at radius 1 is 2.00 bits per heavy atom. The van der Waals surface area contributed by atoms with Crippen LogP contribution in [0.2, 0.25) is 0 Å². The Hall–Kier alpha value is -0.570. The third kappa shape index (κ3) is 3.26. The summed E-state index contributed by atoms with van der Waals surface area (Å²) in [5.41, 5.74) is 0. The fourth-order valence-electron chi connectivity index (χ4n) is 0.0863. The van der Waals surface area contributed by atoms with Gasteiger partial charge >= 0.3 is 0 Å². The van der Waals surface area contributed by atoms with E-state index < -0.39 is 12.5 Å². The molecule has 0 saturated carbocycles. The first kappa shape index (κ1) is 6.43. The van der Waals surface area contributed by atoms with Crippen LogP contribution >= 0.6 is 12.2 Å². The van der Waals surface area contributed by atoms with Crippen molar-refractivity contribution in [3.05, 3.63) is 0 Å². The highest BCUT2D eigenvalue weighted by atomic mass is 32.1. The summed E-state index contributed by atoms with van der Waals surface area (Å²) in [5.74, 6) is -0.657. The number of aliphatic imine (C=N–C) groups is 1. The minimum absolute atomic E-state index is 0.594. The Kier molecular flexibility index (Phi) is 3.32. The second kappa shape index (κ2) is 3.61. The maximum Gasteiger partial charge on any atom is 0.280 e. The van der Waals surface area contributed by atoms with Gasteiger partial charge in [0.15, 0.2) is 0 Å². The summed E-state index contributed by atoms with van der Waals surface area (Å²) >= 11 is 4.05. The van der Waals surface area contributed by atoms with Crippen LogP contribution in [-0.4, -0.2) is 22.8 Å². The zero-order chi connectivity index (χ0) is 5.70. The molecule has 0 radical (unpaired) electrons. The van der Waals surface area contributed by atoms with Gasteiger partial charge in [-0.3, -0.25) is 4.79 Å². The largest absolute Gasteiger partial charge is 0.386 e. The molecular weight excluding hydrogens is 114 g/mol. The Labute approximate surface area is 45.7 Å². The molecule has 0 spiro atoms. The second-order valence-corrected chi connectivity index (χ2v) is 0.938. The predicted octanol–water partition coefficient (Wildman–Crippen LogP) is -0.392. The van der Waals surface area contributed by atoms with Gasteiger partial charge in [-0.15, -0.1) is 0 Å². The number of amides is 1. The van der Waals surface area contributed by atoms with E-state index in [0.29, 0.717) is 0 Å². The van der Waals surface area contributed by atoms with Gasteiger partial charge in [0.05, 0.1) is 5.16 Å². The number of rotatable bonds is 1. The lowest BCUT2D eigenvalue weighted by Crippen LogP contribution is -1.96. The molecule has 0 aliphatic rings. The summed E-state index contributed by atoms with van der Waals surface area (Å²) < 4.78 is 0. The van der Waals surface area contributed by atoms with Crippen LogP contribution in [0.4, 0.5) is 0 Å². The van der Waals surface area contributed by atoms with Gasteiger partial charge in [0, 0.05) is 0 Å². The summed E-state index contributed by atoms with van der Waals surface area (Å²) in [7, 11) is 0. The fourth-order valence-corrected chi connectivity index (χ4v) is 0.188. The van der Waals surface area contributed by atoms with Crippen LogP contribution in [0.3, 0.4) is 0 Å². The predicted molar refractivity (Wildman–Crippen MR) is 27.1 cm³/mol. The number of carbonyl (C=O) groups excluding carboxylic acids is 1. The summed E-state index contributed by atoms with van der Waals surface area (Å²) in [6, 6.07) is 0. The van der Waals surface area contributed by atoms with Gasteiger partial charge in [0.25, 0.3) is 5.91 Å². The molecule has 0 bridgehead atoms. The van der Waals surface area contributed by atoms with Crippen LogP contribution in [0.5, 0.6) is 0 Å². The van der Waals surface area contributed by atoms with Crippen molar-refractivity contribution in [3.63, 3.8) is 0 Å². The zero-order valence-electron chi connectivity index (χ0n) is 3.42. The van der Waals surface area contributed by atoms with Crippen LogP contribution in [0.15, 0.2) is 4.99 Å². The van der Waals surface area contributed by atoms with E-state index in [9.17, 15) is 4.79 Å². The molecule has 0 heterocycles. The molecule has 0 atom stereocenters. The molecule has 0 rings (SSSR count). The highest BCUT2D eigenvalue weighted by Gasteiger charge is 1.87. The normalized spacial score (nSPS) is 7.00. The number of hydrogen-bond donors (Lipinski definition) is 1. The molecule has 0 saturated heterocycles.